The number of rotatable bonds is 2. The van der Waals surface area contributed by atoms with Gasteiger partial charge < -0.3 is 26.7 Å². The number of nitrogens with zero attached hydrogens (tertiary/aromatic N) is 1. The quantitative estimate of drug-likeness (QED) is 0.428. The van der Waals surface area contributed by atoms with E-state index < -0.39 is 0 Å². The number of carbonyl (C=O) groups is 1. The van der Waals surface area contributed by atoms with E-state index in [1.54, 1.807) is 0 Å². The average Bonchev–Trinajstić information content (AvgIpc) is 2.41. The number of halogens is 1. The molecular weight excluding hydrogens is 230 g/mol. The zero-order chi connectivity index (χ0) is 11.1. The van der Waals surface area contributed by atoms with Crippen LogP contribution in [0.1, 0.15) is 25.7 Å². The van der Waals surface area contributed by atoms with Gasteiger partial charge in [-0.25, -0.2) is 4.79 Å². The Labute approximate surface area is 103 Å². The minimum Gasteiger partial charge on any atom is -1.00 e. The lowest BCUT2D eigenvalue weighted by Crippen LogP contribution is -3.00. The van der Waals surface area contributed by atoms with Crippen molar-refractivity contribution in [1.29, 1.82) is 0 Å². The Bertz CT molecular complexity index is 258. The average molecular weight is 250 g/mol. The lowest BCUT2D eigenvalue weighted by molar-refractivity contribution is -0.942. The number of aliphatic hydroxyl groups excluding tert-OH is 1. The molecule has 2 atom stereocenters. The molecule has 0 spiro atoms. The van der Waals surface area contributed by atoms with Gasteiger partial charge in [0.25, 0.3) is 0 Å². The lowest BCUT2D eigenvalue weighted by atomic mass is 9.97. The van der Waals surface area contributed by atoms with Crippen molar-refractivity contribution in [2.75, 3.05) is 20.7 Å². The molecule has 2 heterocycles. The van der Waals surface area contributed by atoms with E-state index in [-0.39, 0.29) is 24.5 Å². The summed E-state index contributed by atoms with van der Waals surface area (Å²) in [7, 11) is 3.57. The van der Waals surface area contributed by atoms with E-state index in [1.807, 2.05) is 0 Å². The molecule has 0 aromatic rings. The van der Waals surface area contributed by atoms with Gasteiger partial charge in [-0.2, -0.15) is 0 Å². The van der Waals surface area contributed by atoms with Crippen molar-refractivity contribution in [3.05, 3.63) is 0 Å². The summed E-state index contributed by atoms with van der Waals surface area (Å²) in [5, 5.41) is 9.69. The van der Waals surface area contributed by atoms with Crippen molar-refractivity contribution >= 4 is 5.97 Å². The van der Waals surface area contributed by atoms with Crippen LogP contribution in [0.5, 0.6) is 0 Å². The van der Waals surface area contributed by atoms with E-state index in [4.69, 9.17) is 4.74 Å². The molecule has 0 saturated carbocycles. The monoisotopic (exact) mass is 249 g/mol. The summed E-state index contributed by atoms with van der Waals surface area (Å²) in [6.07, 6.45) is 3.78. The molecule has 94 valence electrons. The number of likely N-dealkylation sites (N-methyl/N-ethyl adjacent to an activating group) is 1. The number of hydrogen-bond acceptors (Lipinski definition) is 3. The van der Waals surface area contributed by atoms with Crippen molar-refractivity contribution in [2.24, 2.45) is 0 Å². The molecule has 16 heavy (non-hydrogen) atoms. The number of quaternary nitrogens is 1. The molecule has 2 aliphatic heterocycles. The first-order chi connectivity index (χ1) is 7.06. The number of methoxy groups -OCH3 is 1. The van der Waals surface area contributed by atoms with Crippen LogP contribution in [0.3, 0.4) is 0 Å². The van der Waals surface area contributed by atoms with Crippen LogP contribution in [0.15, 0.2) is 0 Å². The maximum atomic E-state index is 11.4. The number of hydrogen-bond donors (Lipinski definition) is 1. The second kappa shape index (κ2) is 4.90. The van der Waals surface area contributed by atoms with Crippen molar-refractivity contribution in [2.45, 2.75) is 43.9 Å². The van der Waals surface area contributed by atoms with Gasteiger partial charge >= 0.3 is 5.97 Å². The Kier molecular flexibility index (Phi) is 4.21. The Hall–Kier alpha value is -0.320. The topological polar surface area (TPSA) is 46.5 Å². The Morgan fingerprint density at radius 1 is 1.38 bits per heavy atom. The molecule has 2 rings (SSSR count). The highest BCUT2D eigenvalue weighted by atomic mass is 35.5. The number of fused-ring (bicyclic) bond motifs is 2. The fourth-order valence-corrected chi connectivity index (χ4v) is 3.32. The molecular formula is C11H20ClNO3. The van der Waals surface area contributed by atoms with Crippen LogP contribution in [0.25, 0.3) is 0 Å². The third-order valence-corrected chi connectivity index (χ3v) is 4.29. The molecule has 2 saturated heterocycles. The standard InChI is InChI=1S/C11H20NO3.ClH/c1-12(7-11(14)15-2)8-3-4-9(12)6-10(13)5-8;/h8-10,13H,3-7H2,1-2H3;1H/q+1;/p-1. The molecule has 2 unspecified atom stereocenters. The fraction of sp³-hybridized carbons (Fsp3) is 0.909. The van der Waals surface area contributed by atoms with Crippen LogP contribution in [-0.4, -0.2) is 54.4 Å². The summed E-state index contributed by atoms with van der Waals surface area (Å²) in [6.45, 7) is 0.457. The molecule has 4 nitrogen and oxygen atoms in total. The van der Waals surface area contributed by atoms with Gasteiger partial charge in [0, 0.05) is 25.7 Å². The highest BCUT2D eigenvalue weighted by Crippen LogP contribution is 2.40. The maximum Gasteiger partial charge on any atom is 0.361 e. The predicted octanol–water partition coefficient (Wildman–Crippen LogP) is -2.70. The second-order valence-electron chi connectivity index (χ2n) is 5.09. The Morgan fingerprint density at radius 3 is 2.31 bits per heavy atom. The molecule has 0 aromatic heterocycles. The summed E-state index contributed by atoms with van der Waals surface area (Å²) >= 11 is 0. The largest absolute Gasteiger partial charge is 1.00 e. The SMILES string of the molecule is COC(=O)C[N+]1(C)C2CCC1CC(O)C2.[Cl-]. The van der Waals surface area contributed by atoms with Crippen LogP contribution in [0.4, 0.5) is 0 Å². The fourth-order valence-electron chi connectivity index (χ4n) is 3.32. The Balaban J connectivity index is 0.00000128. The number of piperidine rings is 1. The normalized spacial score (nSPS) is 41.3. The molecule has 2 bridgehead atoms. The molecule has 2 fully saturated rings. The van der Waals surface area contributed by atoms with Crippen molar-refractivity contribution in [3.8, 4) is 0 Å². The van der Waals surface area contributed by atoms with Crippen molar-refractivity contribution in [1.82, 2.24) is 0 Å². The number of aliphatic hydroxyl groups is 1. The van der Waals surface area contributed by atoms with Gasteiger partial charge in [0.2, 0.25) is 0 Å². The van der Waals surface area contributed by atoms with E-state index in [1.165, 1.54) is 7.11 Å². The van der Waals surface area contributed by atoms with Gasteiger partial charge in [0.1, 0.15) is 0 Å². The molecule has 2 aliphatic rings. The second-order valence-corrected chi connectivity index (χ2v) is 5.09. The van der Waals surface area contributed by atoms with Gasteiger partial charge in [-0.3, -0.25) is 0 Å². The third kappa shape index (κ3) is 2.19. The summed E-state index contributed by atoms with van der Waals surface area (Å²) in [6, 6.07) is 0.885. The molecule has 0 radical (unpaired) electrons. The zero-order valence-corrected chi connectivity index (χ0v) is 10.6. The van der Waals surface area contributed by atoms with E-state index in [9.17, 15) is 9.90 Å². The lowest BCUT2D eigenvalue weighted by Gasteiger charge is -2.45. The number of ether oxygens (including phenoxy) is 1. The highest BCUT2D eigenvalue weighted by molar-refractivity contribution is 5.70. The third-order valence-electron chi connectivity index (χ3n) is 4.29. The molecule has 0 aromatic carbocycles. The van der Waals surface area contributed by atoms with Gasteiger partial charge in [0.05, 0.1) is 32.3 Å². The summed E-state index contributed by atoms with van der Waals surface area (Å²) in [4.78, 5) is 11.4. The van der Waals surface area contributed by atoms with Crippen LogP contribution in [-0.2, 0) is 9.53 Å². The van der Waals surface area contributed by atoms with Gasteiger partial charge in [-0.1, -0.05) is 0 Å². The van der Waals surface area contributed by atoms with Crippen molar-refractivity contribution < 1.29 is 31.5 Å². The van der Waals surface area contributed by atoms with Crippen LogP contribution < -0.4 is 12.4 Å². The maximum absolute atomic E-state index is 11.4. The van der Waals surface area contributed by atoms with Gasteiger partial charge in [0.15, 0.2) is 6.54 Å². The smallest absolute Gasteiger partial charge is 0.361 e. The Morgan fingerprint density at radius 2 is 1.88 bits per heavy atom. The first kappa shape index (κ1) is 13.7. The summed E-state index contributed by atoms with van der Waals surface area (Å²) < 4.78 is 5.53. The van der Waals surface area contributed by atoms with Gasteiger partial charge in [-0.15, -0.1) is 0 Å². The molecule has 1 N–H and O–H groups in total. The number of carbonyl (C=O) groups excluding carboxylic acids is 1. The number of esters is 1. The first-order valence-corrected chi connectivity index (χ1v) is 5.66. The summed E-state index contributed by atoms with van der Waals surface area (Å²) in [5.41, 5.74) is 0. The zero-order valence-electron chi connectivity index (χ0n) is 9.86. The van der Waals surface area contributed by atoms with Gasteiger partial charge in [-0.05, 0) is 0 Å². The van der Waals surface area contributed by atoms with E-state index in [0.717, 1.165) is 30.2 Å². The first-order valence-electron chi connectivity index (χ1n) is 5.66. The van der Waals surface area contributed by atoms with E-state index in [2.05, 4.69) is 7.05 Å². The van der Waals surface area contributed by atoms with E-state index in [0.29, 0.717) is 18.6 Å². The summed E-state index contributed by atoms with van der Waals surface area (Å²) in [5.74, 6) is -0.134. The minimum atomic E-state index is -0.161. The van der Waals surface area contributed by atoms with Crippen LogP contribution in [0.2, 0.25) is 0 Å². The highest BCUT2D eigenvalue weighted by Gasteiger charge is 2.52. The molecule has 0 amide bonds. The molecule has 5 heteroatoms. The minimum absolute atomic E-state index is 0. The molecule has 0 aliphatic carbocycles. The van der Waals surface area contributed by atoms with Crippen LogP contribution in [0, 0.1) is 0 Å². The van der Waals surface area contributed by atoms with E-state index >= 15 is 0 Å². The predicted molar refractivity (Wildman–Crippen MR) is 55.1 cm³/mol. The van der Waals surface area contributed by atoms with Crippen molar-refractivity contribution in [3.63, 3.8) is 0 Å². The van der Waals surface area contributed by atoms with Crippen LogP contribution >= 0.6 is 0 Å².